The van der Waals surface area contributed by atoms with Crippen LogP contribution in [0.1, 0.15) is 26.2 Å². The van der Waals surface area contributed by atoms with E-state index >= 15 is 0 Å². The minimum Gasteiger partial charge on any atom is -0.306 e. The molecule has 3 aromatic heterocycles. The maximum Gasteiger partial charge on any atom is 0.248 e. The third-order valence-electron chi connectivity index (χ3n) is 5.92. The first-order valence-electron chi connectivity index (χ1n) is 9.25. The van der Waals surface area contributed by atoms with Crippen LogP contribution in [0.3, 0.4) is 0 Å². The van der Waals surface area contributed by atoms with E-state index in [1.165, 1.54) is 0 Å². The molecule has 0 spiro atoms. The Labute approximate surface area is 156 Å². The van der Waals surface area contributed by atoms with Crippen LogP contribution in [0.15, 0.2) is 36.9 Å². The Kier molecular flexibility index (Phi) is 3.23. The maximum atomic E-state index is 13.3. The largest absolute Gasteiger partial charge is 0.306 e. The van der Waals surface area contributed by atoms with Crippen molar-refractivity contribution in [3.8, 4) is 17.2 Å². The molecule has 0 radical (unpaired) electrons. The van der Waals surface area contributed by atoms with Crippen LogP contribution in [0.2, 0.25) is 0 Å². The van der Waals surface area contributed by atoms with Crippen LogP contribution in [0.5, 0.6) is 0 Å². The summed E-state index contributed by atoms with van der Waals surface area (Å²) in [6, 6.07) is 6.27. The van der Waals surface area contributed by atoms with Crippen LogP contribution >= 0.6 is 0 Å². The van der Waals surface area contributed by atoms with Crippen molar-refractivity contribution in [3.05, 3.63) is 36.9 Å². The van der Waals surface area contributed by atoms with Gasteiger partial charge in [-0.05, 0) is 44.2 Å². The van der Waals surface area contributed by atoms with E-state index in [0.717, 1.165) is 35.2 Å². The summed E-state index contributed by atoms with van der Waals surface area (Å²) in [5.41, 5.74) is 2.81. The number of hydrogen-bond acceptors (Lipinski definition) is 4. The second-order valence-corrected chi connectivity index (χ2v) is 7.76. The lowest BCUT2D eigenvalue weighted by Crippen LogP contribution is -2.37. The number of fused-ring (bicyclic) bond motifs is 1. The number of rotatable bonds is 3. The summed E-state index contributed by atoms with van der Waals surface area (Å²) in [5.74, 6) is 0.148. The lowest BCUT2D eigenvalue weighted by Gasteiger charge is -2.23. The highest BCUT2D eigenvalue weighted by Crippen LogP contribution is 2.54. The van der Waals surface area contributed by atoms with Crippen LogP contribution in [0, 0.1) is 22.7 Å². The Morgan fingerprint density at radius 3 is 2.74 bits per heavy atom. The summed E-state index contributed by atoms with van der Waals surface area (Å²) < 4.78 is 3.55. The highest BCUT2D eigenvalue weighted by atomic mass is 16.2. The van der Waals surface area contributed by atoms with Gasteiger partial charge in [-0.1, -0.05) is 0 Å². The van der Waals surface area contributed by atoms with E-state index in [-0.39, 0.29) is 17.9 Å². The zero-order valence-corrected chi connectivity index (χ0v) is 15.3. The molecule has 2 atom stereocenters. The summed E-state index contributed by atoms with van der Waals surface area (Å²) in [6.07, 6.45) is 9.96. The minimum absolute atomic E-state index is 0.0132. The van der Waals surface area contributed by atoms with Crippen molar-refractivity contribution in [3.63, 3.8) is 0 Å². The number of carbonyl (C=O) groups is 1. The fourth-order valence-corrected chi connectivity index (χ4v) is 4.44. The van der Waals surface area contributed by atoms with E-state index < -0.39 is 5.41 Å². The van der Waals surface area contributed by atoms with Crippen molar-refractivity contribution >= 4 is 17.1 Å². The van der Waals surface area contributed by atoms with Crippen molar-refractivity contribution in [1.29, 1.82) is 5.26 Å². The van der Waals surface area contributed by atoms with Gasteiger partial charge in [-0.3, -0.25) is 9.48 Å². The van der Waals surface area contributed by atoms with E-state index in [1.807, 2.05) is 49.6 Å². The highest BCUT2D eigenvalue weighted by molar-refractivity contribution is 6.05. The van der Waals surface area contributed by atoms with Gasteiger partial charge in [-0.25, -0.2) is 4.52 Å². The fraction of sp³-hybridized carbons (Fsp3) is 0.400. The molecule has 0 N–H and O–H groups in total. The molecule has 1 saturated heterocycles. The summed E-state index contributed by atoms with van der Waals surface area (Å²) in [6.45, 7) is 2.03. The van der Waals surface area contributed by atoms with E-state index in [2.05, 4.69) is 16.3 Å². The van der Waals surface area contributed by atoms with Crippen molar-refractivity contribution in [1.82, 2.24) is 19.4 Å². The first kappa shape index (κ1) is 16.1. The number of aryl methyl sites for hydroxylation is 1. The molecular weight excluding hydrogens is 340 g/mol. The minimum atomic E-state index is -0.863. The molecule has 0 aromatic carbocycles. The molecule has 0 bridgehead atoms. The number of carbonyl (C=O) groups excluding carboxylic acids is 1. The van der Waals surface area contributed by atoms with Gasteiger partial charge in [0.25, 0.3) is 0 Å². The SMILES string of the molecule is C[C@H]1C[C@@](C#N)(C2CC2)C(=O)N1c1ccnn2cc(-c3cnn(C)c3)cc12. The van der Waals surface area contributed by atoms with Gasteiger partial charge in [0.15, 0.2) is 0 Å². The Hall–Kier alpha value is -3.14. The van der Waals surface area contributed by atoms with E-state index in [0.29, 0.717) is 6.42 Å². The predicted molar refractivity (Wildman–Crippen MR) is 99.7 cm³/mol. The highest BCUT2D eigenvalue weighted by Gasteiger charge is 2.59. The first-order chi connectivity index (χ1) is 13.0. The fourth-order valence-electron chi connectivity index (χ4n) is 4.44. The van der Waals surface area contributed by atoms with Gasteiger partial charge in [-0.15, -0.1) is 0 Å². The Morgan fingerprint density at radius 2 is 2.07 bits per heavy atom. The smallest absolute Gasteiger partial charge is 0.248 e. The molecule has 5 rings (SSSR count). The molecule has 1 saturated carbocycles. The molecule has 2 fully saturated rings. The average Bonchev–Trinajstić information content (AvgIpc) is 3.17. The summed E-state index contributed by atoms with van der Waals surface area (Å²) >= 11 is 0. The summed E-state index contributed by atoms with van der Waals surface area (Å²) in [4.78, 5) is 15.1. The van der Waals surface area contributed by atoms with Crippen molar-refractivity contribution in [2.75, 3.05) is 4.90 Å². The lowest BCUT2D eigenvalue weighted by molar-refractivity contribution is -0.123. The summed E-state index contributed by atoms with van der Waals surface area (Å²) in [5, 5.41) is 18.5. The van der Waals surface area contributed by atoms with Gasteiger partial charge >= 0.3 is 0 Å². The molecule has 0 unspecified atom stereocenters. The molecule has 27 heavy (non-hydrogen) atoms. The second kappa shape index (κ2) is 5.43. The molecule has 3 aromatic rings. The monoisotopic (exact) mass is 360 g/mol. The third kappa shape index (κ3) is 2.23. The summed E-state index contributed by atoms with van der Waals surface area (Å²) in [7, 11) is 1.88. The maximum absolute atomic E-state index is 13.3. The van der Waals surface area contributed by atoms with Crippen LogP contribution in [0.25, 0.3) is 16.6 Å². The van der Waals surface area contributed by atoms with Gasteiger partial charge in [0.05, 0.1) is 23.5 Å². The zero-order valence-electron chi connectivity index (χ0n) is 15.3. The van der Waals surface area contributed by atoms with Gasteiger partial charge < -0.3 is 4.90 Å². The number of nitriles is 1. The molecule has 1 amide bonds. The topological polar surface area (TPSA) is 79.2 Å². The predicted octanol–water partition coefficient (Wildman–Crippen LogP) is 2.78. The quantitative estimate of drug-likeness (QED) is 0.719. The first-order valence-corrected chi connectivity index (χ1v) is 9.25. The van der Waals surface area contributed by atoms with Crippen LogP contribution in [-0.4, -0.2) is 31.3 Å². The number of anilines is 1. The standard InChI is InChI=1S/C20H20N6O/c1-13-8-20(12-21,16-3-4-16)19(27)26(13)17-5-6-22-25-11-14(7-18(17)25)15-9-23-24(2)10-15/h5-7,9-11,13,16H,3-4,8H2,1-2H3/t13-,20+/m0/s1. The number of amides is 1. The second-order valence-electron chi connectivity index (χ2n) is 7.76. The zero-order chi connectivity index (χ0) is 18.8. The molecule has 2 aliphatic rings. The number of hydrogen-bond donors (Lipinski definition) is 0. The molecule has 7 nitrogen and oxygen atoms in total. The number of aromatic nitrogens is 4. The van der Waals surface area contributed by atoms with E-state index in [9.17, 15) is 10.1 Å². The Balaban J connectivity index is 1.62. The van der Waals surface area contributed by atoms with Crippen molar-refractivity contribution < 1.29 is 4.79 Å². The molecule has 4 heterocycles. The average molecular weight is 360 g/mol. The van der Waals surface area contributed by atoms with Crippen LogP contribution in [0.4, 0.5) is 5.69 Å². The number of nitrogens with zero attached hydrogens (tertiary/aromatic N) is 6. The van der Waals surface area contributed by atoms with E-state index in [4.69, 9.17) is 0 Å². The van der Waals surface area contributed by atoms with Crippen molar-refractivity contribution in [2.45, 2.75) is 32.2 Å². The van der Waals surface area contributed by atoms with E-state index in [1.54, 1.807) is 15.4 Å². The lowest BCUT2D eigenvalue weighted by atomic mass is 9.81. The molecular formula is C20H20N6O. The Bertz CT molecular complexity index is 1100. The molecule has 1 aliphatic heterocycles. The van der Waals surface area contributed by atoms with Crippen LogP contribution in [-0.2, 0) is 11.8 Å². The van der Waals surface area contributed by atoms with Gasteiger partial charge in [-0.2, -0.15) is 15.5 Å². The molecule has 7 heteroatoms. The third-order valence-corrected chi connectivity index (χ3v) is 5.92. The molecule has 136 valence electrons. The van der Waals surface area contributed by atoms with Gasteiger partial charge in [0.1, 0.15) is 5.41 Å². The van der Waals surface area contributed by atoms with Crippen molar-refractivity contribution in [2.24, 2.45) is 18.4 Å². The van der Waals surface area contributed by atoms with Gasteiger partial charge in [0, 0.05) is 42.8 Å². The normalized spacial score (nSPS) is 25.3. The van der Waals surface area contributed by atoms with Crippen LogP contribution < -0.4 is 4.90 Å². The Morgan fingerprint density at radius 1 is 1.26 bits per heavy atom. The molecule has 1 aliphatic carbocycles. The van der Waals surface area contributed by atoms with Gasteiger partial charge in [0.2, 0.25) is 5.91 Å².